The van der Waals surface area contributed by atoms with Crippen LogP contribution in [-0.4, -0.2) is 69.8 Å². The minimum Gasteiger partial charge on any atom is -0.395 e. The standard InChI is InChI=1S/C23H30N2O4/c26-13-12-24(15-22(28)18-29-17-19-6-2-1-3-7-19)14-21(27)16-25-11-10-20-8-4-5-9-23(20)25/h1-11,21-22,26-28H,12-18H2/t21-,22-/m1/s1. The lowest BCUT2D eigenvalue weighted by atomic mass is 10.2. The van der Waals surface area contributed by atoms with Crippen molar-refractivity contribution in [1.82, 2.24) is 9.47 Å². The van der Waals surface area contributed by atoms with Crippen molar-refractivity contribution in [3.05, 3.63) is 72.4 Å². The predicted octanol–water partition coefficient (Wildman–Crippen LogP) is 1.87. The Kier molecular flexibility index (Phi) is 8.22. The fraction of sp³-hybridized carbons (Fsp3) is 0.391. The summed E-state index contributed by atoms with van der Waals surface area (Å²) in [6, 6.07) is 19.9. The molecule has 0 aliphatic carbocycles. The third-order valence-electron chi connectivity index (χ3n) is 4.86. The second-order valence-corrected chi connectivity index (χ2v) is 7.32. The molecule has 3 rings (SSSR count). The first-order chi connectivity index (χ1) is 14.2. The number of nitrogens with zero attached hydrogens (tertiary/aromatic N) is 2. The van der Waals surface area contributed by atoms with E-state index in [9.17, 15) is 15.3 Å². The highest BCUT2D eigenvalue weighted by Crippen LogP contribution is 2.15. The van der Waals surface area contributed by atoms with Gasteiger partial charge in [0.25, 0.3) is 0 Å². The fourth-order valence-electron chi connectivity index (χ4n) is 3.52. The lowest BCUT2D eigenvalue weighted by Crippen LogP contribution is -2.42. The third-order valence-corrected chi connectivity index (χ3v) is 4.86. The average molecular weight is 399 g/mol. The van der Waals surface area contributed by atoms with Crippen LogP contribution in [0.4, 0.5) is 0 Å². The van der Waals surface area contributed by atoms with Crippen LogP contribution in [0.15, 0.2) is 66.9 Å². The Morgan fingerprint density at radius 1 is 0.897 bits per heavy atom. The van der Waals surface area contributed by atoms with E-state index in [1.165, 1.54) is 0 Å². The van der Waals surface area contributed by atoms with Gasteiger partial charge >= 0.3 is 0 Å². The van der Waals surface area contributed by atoms with Crippen LogP contribution in [0.1, 0.15) is 5.56 Å². The molecule has 0 aliphatic rings. The van der Waals surface area contributed by atoms with Gasteiger partial charge in [-0.1, -0.05) is 48.5 Å². The molecule has 0 aliphatic heterocycles. The van der Waals surface area contributed by atoms with E-state index in [4.69, 9.17) is 4.74 Å². The van der Waals surface area contributed by atoms with Gasteiger partial charge in [-0.15, -0.1) is 0 Å². The molecule has 3 aromatic rings. The van der Waals surface area contributed by atoms with Crippen LogP contribution in [-0.2, 0) is 17.9 Å². The normalized spacial score (nSPS) is 13.8. The van der Waals surface area contributed by atoms with Gasteiger partial charge in [-0.25, -0.2) is 0 Å². The number of rotatable bonds is 12. The van der Waals surface area contributed by atoms with Gasteiger partial charge in [-0.2, -0.15) is 0 Å². The maximum atomic E-state index is 10.6. The Balaban J connectivity index is 1.46. The van der Waals surface area contributed by atoms with E-state index < -0.39 is 12.2 Å². The first-order valence-electron chi connectivity index (χ1n) is 10.0. The number of hydrogen-bond donors (Lipinski definition) is 3. The van der Waals surface area contributed by atoms with Gasteiger partial charge in [0.2, 0.25) is 0 Å². The SMILES string of the molecule is OCCN(C[C@@H](O)Cn1ccc2ccccc21)C[C@@H](O)COCc1ccccc1. The lowest BCUT2D eigenvalue weighted by Gasteiger charge is -2.27. The number of aromatic nitrogens is 1. The van der Waals surface area contributed by atoms with Gasteiger partial charge in [0, 0.05) is 37.9 Å². The Morgan fingerprint density at radius 3 is 2.41 bits per heavy atom. The summed E-state index contributed by atoms with van der Waals surface area (Å²) in [5, 5.41) is 31.3. The molecule has 2 atom stereocenters. The number of benzene rings is 2. The van der Waals surface area contributed by atoms with Crippen LogP contribution >= 0.6 is 0 Å². The number of hydrogen-bond acceptors (Lipinski definition) is 5. The van der Waals surface area contributed by atoms with Gasteiger partial charge in [-0.3, -0.25) is 4.90 Å². The third kappa shape index (κ3) is 6.66. The molecule has 6 heteroatoms. The summed E-state index contributed by atoms with van der Waals surface area (Å²) in [5.74, 6) is 0. The maximum absolute atomic E-state index is 10.6. The van der Waals surface area contributed by atoms with Crippen LogP contribution in [0, 0.1) is 0 Å². The molecule has 0 spiro atoms. The zero-order valence-electron chi connectivity index (χ0n) is 16.6. The molecule has 156 valence electrons. The first kappa shape index (κ1) is 21.5. The van der Waals surface area contributed by atoms with Crippen molar-refractivity contribution in [2.45, 2.75) is 25.4 Å². The van der Waals surface area contributed by atoms with Crippen LogP contribution in [0.3, 0.4) is 0 Å². The van der Waals surface area contributed by atoms with Crippen LogP contribution in [0.2, 0.25) is 0 Å². The quantitative estimate of drug-likeness (QED) is 0.434. The van der Waals surface area contributed by atoms with Crippen molar-refractivity contribution < 1.29 is 20.1 Å². The van der Waals surface area contributed by atoms with Gasteiger partial charge in [-0.05, 0) is 23.1 Å². The molecule has 0 bridgehead atoms. The summed E-state index contributed by atoms with van der Waals surface area (Å²) < 4.78 is 7.62. The highest BCUT2D eigenvalue weighted by Gasteiger charge is 2.16. The van der Waals surface area contributed by atoms with Crippen molar-refractivity contribution in [2.24, 2.45) is 0 Å². The van der Waals surface area contributed by atoms with E-state index in [0.29, 0.717) is 32.8 Å². The summed E-state index contributed by atoms with van der Waals surface area (Å²) in [5.41, 5.74) is 2.14. The number of fused-ring (bicyclic) bond motifs is 1. The predicted molar refractivity (Wildman–Crippen MR) is 114 cm³/mol. The lowest BCUT2D eigenvalue weighted by molar-refractivity contribution is -0.00208. The van der Waals surface area contributed by atoms with Gasteiger partial charge < -0.3 is 24.6 Å². The summed E-state index contributed by atoms with van der Waals surface area (Å²) in [6.45, 7) is 2.16. The fourth-order valence-corrected chi connectivity index (χ4v) is 3.52. The van der Waals surface area contributed by atoms with Crippen LogP contribution < -0.4 is 0 Å². The molecular formula is C23H30N2O4. The second kappa shape index (κ2) is 11.1. The zero-order valence-corrected chi connectivity index (χ0v) is 16.6. The maximum Gasteiger partial charge on any atom is 0.0900 e. The van der Waals surface area contributed by atoms with Crippen molar-refractivity contribution in [1.29, 1.82) is 0 Å². The van der Waals surface area contributed by atoms with E-state index in [-0.39, 0.29) is 13.2 Å². The van der Waals surface area contributed by atoms with Crippen molar-refractivity contribution in [3.63, 3.8) is 0 Å². The van der Waals surface area contributed by atoms with Gasteiger partial charge in [0.15, 0.2) is 0 Å². The van der Waals surface area contributed by atoms with Gasteiger partial charge in [0.05, 0.1) is 32.0 Å². The molecule has 0 unspecified atom stereocenters. The summed E-state index contributed by atoms with van der Waals surface area (Å²) in [6.07, 6.45) is 0.663. The first-order valence-corrected chi connectivity index (χ1v) is 10.0. The Labute approximate surface area is 171 Å². The molecule has 1 aromatic heterocycles. The Morgan fingerprint density at radius 2 is 1.62 bits per heavy atom. The summed E-state index contributed by atoms with van der Waals surface area (Å²) in [7, 11) is 0. The molecule has 0 saturated carbocycles. The van der Waals surface area contributed by atoms with Crippen molar-refractivity contribution in [3.8, 4) is 0 Å². The zero-order chi connectivity index (χ0) is 20.5. The largest absolute Gasteiger partial charge is 0.395 e. The van der Waals surface area contributed by atoms with E-state index in [0.717, 1.165) is 16.5 Å². The molecule has 29 heavy (non-hydrogen) atoms. The molecule has 3 N–H and O–H groups in total. The minimum absolute atomic E-state index is 0.0310. The molecular weight excluding hydrogens is 368 g/mol. The van der Waals surface area contributed by atoms with E-state index in [1.807, 2.05) is 76.3 Å². The van der Waals surface area contributed by atoms with Crippen molar-refractivity contribution in [2.75, 3.05) is 32.8 Å². The number of aliphatic hydroxyl groups is 3. The van der Waals surface area contributed by atoms with Crippen LogP contribution in [0.5, 0.6) is 0 Å². The summed E-state index contributed by atoms with van der Waals surface area (Å²) >= 11 is 0. The van der Waals surface area contributed by atoms with E-state index >= 15 is 0 Å². The van der Waals surface area contributed by atoms with Crippen molar-refractivity contribution >= 4 is 10.9 Å². The van der Waals surface area contributed by atoms with E-state index in [2.05, 4.69) is 0 Å². The van der Waals surface area contributed by atoms with Gasteiger partial charge in [0.1, 0.15) is 0 Å². The Hall–Kier alpha value is -2.22. The monoisotopic (exact) mass is 398 g/mol. The molecule has 0 radical (unpaired) electrons. The number of para-hydroxylation sites is 1. The minimum atomic E-state index is -0.690. The smallest absolute Gasteiger partial charge is 0.0900 e. The highest BCUT2D eigenvalue weighted by atomic mass is 16.5. The molecule has 1 heterocycles. The van der Waals surface area contributed by atoms with E-state index in [1.54, 1.807) is 0 Å². The topological polar surface area (TPSA) is 78.1 Å². The molecule has 0 fully saturated rings. The number of aliphatic hydroxyl groups excluding tert-OH is 3. The summed E-state index contributed by atoms with van der Waals surface area (Å²) in [4.78, 5) is 1.87. The average Bonchev–Trinajstić information content (AvgIpc) is 3.12. The molecule has 2 aromatic carbocycles. The molecule has 0 saturated heterocycles. The highest BCUT2D eigenvalue weighted by molar-refractivity contribution is 5.79. The molecule has 6 nitrogen and oxygen atoms in total. The number of ether oxygens (including phenoxy) is 1. The molecule has 0 amide bonds. The second-order valence-electron chi connectivity index (χ2n) is 7.32. The van der Waals surface area contributed by atoms with Crippen LogP contribution in [0.25, 0.3) is 10.9 Å². The Bertz CT molecular complexity index is 852.